The fourth-order valence-electron chi connectivity index (χ4n) is 2.16. The number of hydrogen-bond donors (Lipinski definition) is 0. The molecule has 0 saturated heterocycles. The van der Waals surface area contributed by atoms with Crippen LogP contribution in [0.1, 0.15) is 69.2 Å². The molecule has 0 saturated carbocycles. The molecule has 0 N–H and O–H groups in total. The molecular weight excluding hydrogens is 436 g/mol. The van der Waals surface area contributed by atoms with E-state index in [2.05, 4.69) is 11.3 Å². The third kappa shape index (κ3) is 9.92. The average molecular weight is 473 g/mol. The van der Waals surface area contributed by atoms with E-state index in [-0.39, 0.29) is 0 Å². The average Bonchev–Trinajstić information content (AvgIpc) is 2.55. The molecule has 0 aromatic carbocycles. The van der Waals surface area contributed by atoms with Crippen LogP contribution in [-0.4, -0.2) is 69.9 Å². The fourth-order valence-corrected chi connectivity index (χ4v) is 2.16. The maximum absolute atomic E-state index is 13.3. The summed E-state index contributed by atoms with van der Waals surface area (Å²) in [4.78, 5) is 64.5. The van der Waals surface area contributed by atoms with Crippen LogP contribution in [0.3, 0.4) is 0 Å². The first-order valence-corrected chi connectivity index (χ1v) is 10.2. The number of amides is 4. The summed E-state index contributed by atoms with van der Waals surface area (Å²) in [5.74, 6) is -2.26. The molecule has 0 aromatic heterocycles. The lowest BCUT2D eigenvalue weighted by Gasteiger charge is -2.33. The summed E-state index contributed by atoms with van der Waals surface area (Å²) in [6.45, 7) is 18.6. The summed E-state index contributed by atoms with van der Waals surface area (Å²) in [5, 5.41) is 0. The lowest BCUT2D eigenvalue weighted by molar-refractivity contribution is -0.143. The number of esters is 1. The Morgan fingerprint density at radius 1 is 0.697 bits per heavy atom. The topological polar surface area (TPSA) is 129 Å². The molecule has 0 aliphatic rings. The molecule has 0 heterocycles. The van der Waals surface area contributed by atoms with E-state index in [9.17, 15) is 24.0 Å². The van der Waals surface area contributed by atoms with Gasteiger partial charge in [-0.2, -0.15) is 4.90 Å². The number of hydrogen-bond acceptors (Lipinski definition) is 9. The van der Waals surface area contributed by atoms with Crippen LogP contribution in [-0.2, 0) is 28.5 Å². The number of imide groups is 2. The van der Waals surface area contributed by atoms with Crippen LogP contribution >= 0.6 is 0 Å². The van der Waals surface area contributed by atoms with E-state index < -0.39 is 58.7 Å². The summed E-state index contributed by atoms with van der Waals surface area (Å²) in [7, 11) is 1.03. The number of rotatable bonds is 4. The molecule has 0 rings (SSSR count). The third-order valence-corrected chi connectivity index (χ3v) is 3.41. The monoisotopic (exact) mass is 472 g/mol. The normalized spacial score (nSPS) is 12.7. The predicted octanol–water partition coefficient (Wildman–Crippen LogP) is 4.00. The SMILES string of the molecule is C=C(C(=O)OC)N(C(=O)OC(C)(C)C)C(=O)[C@H](C)N(C(=O)OC(C)(C)C)C(=O)OC(C)(C)C. The van der Waals surface area contributed by atoms with E-state index in [1.54, 1.807) is 62.3 Å². The summed E-state index contributed by atoms with van der Waals surface area (Å²) in [6.07, 6.45) is -3.63. The van der Waals surface area contributed by atoms with Gasteiger partial charge in [-0.1, -0.05) is 6.58 Å². The number of ether oxygens (including phenoxy) is 4. The molecule has 1 atom stereocenters. The molecule has 0 spiro atoms. The molecule has 0 unspecified atom stereocenters. The summed E-state index contributed by atoms with van der Waals surface area (Å²) in [5.41, 5.74) is -3.73. The molecule has 188 valence electrons. The highest BCUT2D eigenvalue weighted by molar-refractivity contribution is 6.06. The molecule has 0 aliphatic carbocycles. The van der Waals surface area contributed by atoms with E-state index in [4.69, 9.17) is 14.2 Å². The lowest BCUT2D eigenvalue weighted by atomic mass is 10.2. The summed E-state index contributed by atoms with van der Waals surface area (Å²) in [6, 6.07) is -1.65. The second-order valence-electron chi connectivity index (χ2n) is 10.1. The Kier molecular flexibility index (Phi) is 9.67. The van der Waals surface area contributed by atoms with Gasteiger partial charge in [-0.05, 0) is 69.2 Å². The highest BCUT2D eigenvalue weighted by Crippen LogP contribution is 2.21. The van der Waals surface area contributed by atoms with Crippen molar-refractivity contribution in [2.45, 2.75) is 92.1 Å². The van der Waals surface area contributed by atoms with Crippen molar-refractivity contribution < 1.29 is 42.9 Å². The van der Waals surface area contributed by atoms with Crippen molar-refractivity contribution in [3.63, 3.8) is 0 Å². The molecule has 0 fully saturated rings. The third-order valence-electron chi connectivity index (χ3n) is 3.41. The maximum Gasteiger partial charge on any atom is 0.422 e. The largest absolute Gasteiger partial charge is 0.464 e. The molecule has 0 radical (unpaired) electrons. The van der Waals surface area contributed by atoms with Gasteiger partial charge in [0.1, 0.15) is 28.5 Å². The highest BCUT2D eigenvalue weighted by atomic mass is 16.6. The van der Waals surface area contributed by atoms with E-state index in [1.165, 1.54) is 0 Å². The van der Waals surface area contributed by atoms with E-state index in [0.29, 0.717) is 9.80 Å². The summed E-state index contributed by atoms with van der Waals surface area (Å²) < 4.78 is 20.2. The van der Waals surface area contributed by atoms with Crippen LogP contribution in [0.15, 0.2) is 12.3 Å². The molecular formula is C22H36N2O9. The minimum Gasteiger partial charge on any atom is -0.464 e. The van der Waals surface area contributed by atoms with Crippen LogP contribution in [0, 0.1) is 0 Å². The molecule has 0 bridgehead atoms. The maximum atomic E-state index is 13.3. The van der Waals surface area contributed by atoms with Crippen molar-refractivity contribution in [2.75, 3.05) is 7.11 Å². The Bertz CT molecular complexity index is 770. The standard InChI is InChI=1S/C22H36N2O9/c1-13(24(18(28)32-21(6,7)8)19(29)33-22(9,10)11)15(25)23(14(2)16(26)30-12)17(27)31-20(3,4)5/h13H,2H2,1,3-12H3/t13-/m0/s1. The minimum atomic E-state index is -1.65. The van der Waals surface area contributed by atoms with Gasteiger partial charge in [-0.3, -0.25) is 4.79 Å². The summed E-state index contributed by atoms with van der Waals surface area (Å²) >= 11 is 0. The van der Waals surface area contributed by atoms with Crippen LogP contribution < -0.4 is 0 Å². The van der Waals surface area contributed by atoms with Gasteiger partial charge in [-0.15, -0.1) is 0 Å². The van der Waals surface area contributed by atoms with Crippen molar-refractivity contribution in [1.82, 2.24) is 9.80 Å². The Balaban J connectivity index is 6.38. The molecule has 0 aromatic rings. The smallest absolute Gasteiger partial charge is 0.422 e. The lowest BCUT2D eigenvalue weighted by Crippen LogP contribution is -2.55. The number of nitrogens with zero attached hydrogens (tertiary/aromatic N) is 2. The zero-order chi connectivity index (χ0) is 26.5. The van der Waals surface area contributed by atoms with Gasteiger partial charge in [-0.25, -0.2) is 24.1 Å². The van der Waals surface area contributed by atoms with Crippen molar-refractivity contribution >= 4 is 30.2 Å². The number of methoxy groups -OCH3 is 1. The van der Waals surface area contributed by atoms with Gasteiger partial charge >= 0.3 is 24.2 Å². The van der Waals surface area contributed by atoms with Crippen LogP contribution in [0.25, 0.3) is 0 Å². The van der Waals surface area contributed by atoms with Crippen LogP contribution in [0.4, 0.5) is 14.4 Å². The van der Waals surface area contributed by atoms with Gasteiger partial charge in [0.25, 0.3) is 5.91 Å². The Morgan fingerprint density at radius 2 is 1.03 bits per heavy atom. The van der Waals surface area contributed by atoms with Crippen molar-refractivity contribution in [1.29, 1.82) is 0 Å². The minimum absolute atomic E-state index is 0.309. The second-order valence-corrected chi connectivity index (χ2v) is 10.1. The molecule has 4 amide bonds. The van der Waals surface area contributed by atoms with Crippen molar-refractivity contribution in [3.05, 3.63) is 12.3 Å². The van der Waals surface area contributed by atoms with Crippen LogP contribution in [0.2, 0.25) is 0 Å². The zero-order valence-corrected chi connectivity index (χ0v) is 21.4. The Morgan fingerprint density at radius 3 is 1.33 bits per heavy atom. The predicted molar refractivity (Wildman–Crippen MR) is 118 cm³/mol. The van der Waals surface area contributed by atoms with E-state index >= 15 is 0 Å². The first-order chi connectivity index (χ1) is 14.6. The molecule has 0 aliphatic heterocycles. The first-order valence-electron chi connectivity index (χ1n) is 10.2. The van der Waals surface area contributed by atoms with Crippen LogP contribution in [0.5, 0.6) is 0 Å². The molecule has 11 nitrogen and oxygen atoms in total. The van der Waals surface area contributed by atoms with Gasteiger partial charge in [0.15, 0.2) is 0 Å². The van der Waals surface area contributed by atoms with Gasteiger partial charge in [0, 0.05) is 0 Å². The van der Waals surface area contributed by atoms with Crippen molar-refractivity contribution in [3.8, 4) is 0 Å². The van der Waals surface area contributed by atoms with Gasteiger partial charge < -0.3 is 18.9 Å². The van der Waals surface area contributed by atoms with E-state index in [0.717, 1.165) is 14.0 Å². The molecule has 11 heteroatoms. The Labute approximate surface area is 194 Å². The van der Waals surface area contributed by atoms with Gasteiger partial charge in [0.05, 0.1) is 7.11 Å². The fraction of sp³-hybridized carbons (Fsp3) is 0.682. The van der Waals surface area contributed by atoms with E-state index in [1.807, 2.05) is 0 Å². The first kappa shape index (κ1) is 29.9. The number of carbonyl (C=O) groups is 5. The Hall–Kier alpha value is -3.11. The van der Waals surface area contributed by atoms with Crippen molar-refractivity contribution in [2.24, 2.45) is 0 Å². The molecule has 33 heavy (non-hydrogen) atoms. The highest BCUT2D eigenvalue weighted by Gasteiger charge is 2.43. The number of carbonyl (C=O) groups excluding carboxylic acids is 5. The second kappa shape index (κ2) is 10.7. The zero-order valence-electron chi connectivity index (χ0n) is 21.4. The quantitative estimate of drug-likeness (QED) is 0.339. The van der Waals surface area contributed by atoms with Gasteiger partial charge in [0.2, 0.25) is 0 Å².